The van der Waals surface area contributed by atoms with Crippen molar-refractivity contribution < 1.29 is 18.8 Å². The molecule has 2 N–H and O–H groups in total. The first-order valence-corrected chi connectivity index (χ1v) is 6.09. The number of amides is 4. The van der Waals surface area contributed by atoms with Crippen LogP contribution in [0, 0.1) is 24.6 Å². The molecule has 6 nitrogen and oxygen atoms in total. The Hall–Kier alpha value is -2.88. The van der Waals surface area contributed by atoms with Gasteiger partial charge in [-0.1, -0.05) is 5.92 Å². The molecular formula is C14H12FN3O3. The van der Waals surface area contributed by atoms with Crippen molar-refractivity contribution in [1.82, 2.24) is 5.32 Å². The lowest BCUT2D eigenvalue weighted by molar-refractivity contribution is -0.116. The second-order valence-electron chi connectivity index (χ2n) is 4.29. The standard InChI is InChI=1S/C14H12FN3O3/c1-3-4-11(19)17-10-6-5-9(15)13(8(10)2)18-12(20)7-16-14(18)21/h5-6H,7H2,1-2H3,(H,16,21)(H,17,19). The fourth-order valence-corrected chi connectivity index (χ4v) is 1.99. The van der Waals surface area contributed by atoms with E-state index < -0.39 is 23.7 Å². The summed E-state index contributed by atoms with van der Waals surface area (Å²) >= 11 is 0. The Morgan fingerprint density at radius 3 is 2.71 bits per heavy atom. The van der Waals surface area contributed by atoms with Crippen LogP contribution in [0.25, 0.3) is 0 Å². The summed E-state index contributed by atoms with van der Waals surface area (Å²) in [7, 11) is 0. The number of anilines is 2. The smallest absolute Gasteiger partial charge is 0.328 e. The van der Waals surface area contributed by atoms with E-state index in [1.807, 2.05) is 0 Å². The van der Waals surface area contributed by atoms with E-state index in [-0.39, 0.29) is 23.5 Å². The summed E-state index contributed by atoms with van der Waals surface area (Å²) in [5.41, 5.74) is 0.385. The van der Waals surface area contributed by atoms with Crippen LogP contribution in [0.2, 0.25) is 0 Å². The van der Waals surface area contributed by atoms with Crippen molar-refractivity contribution in [1.29, 1.82) is 0 Å². The average molecular weight is 289 g/mol. The Morgan fingerprint density at radius 1 is 1.43 bits per heavy atom. The fraction of sp³-hybridized carbons (Fsp3) is 0.214. The number of carbonyl (C=O) groups is 3. The number of imide groups is 1. The second-order valence-corrected chi connectivity index (χ2v) is 4.29. The van der Waals surface area contributed by atoms with Crippen LogP contribution in [0.1, 0.15) is 12.5 Å². The molecule has 0 bridgehead atoms. The molecule has 4 amide bonds. The van der Waals surface area contributed by atoms with E-state index in [2.05, 4.69) is 22.5 Å². The summed E-state index contributed by atoms with van der Waals surface area (Å²) in [5.74, 6) is 2.89. The van der Waals surface area contributed by atoms with Gasteiger partial charge in [-0.3, -0.25) is 9.59 Å². The molecule has 1 fully saturated rings. The molecule has 21 heavy (non-hydrogen) atoms. The van der Waals surface area contributed by atoms with E-state index in [0.717, 1.165) is 11.0 Å². The van der Waals surface area contributed by atoms with Gasteiger partial charge in [0.2, 0.25) is 0 Å². The summed E-state index contributed by atoms with van der Waals surface area (Å²) in [6.45, 7) is 2.83. The van der Waals surface area contributed by atoms with Crippen LogP contribution in [-0.4, -0.2) is 24.4 Å². The molecule has 1 aromatic rings. The van der Waals surface area contributed by atoms with E-state index in [1.54, 1.807) is 0 Å². The predicted octanol–water partition coefficient (Wildman–Crippen LogP) is 1.15. The Balaban J connectivity index is 2.46. The first-order valence-electron chi connectivity index (χ1n) is 6.09. The number of nitrogens with zero attached hydrogens (tertiary/aromatic N) is 1. The molecule has 1 aliphatic rings. The molecular weight excluding hydrogens is 277 g/mol. The van der Waals surface area contributed by atoms with Crippen LogP contribution in [0.5, 0.6) is 0 Å². The molecule has 0 unspecified atom stereocenters. The summed E-state index contributed by atoms with van der Waals surface area (Å²) in [6, 6.07) is 1.73. The molecule has 0 radical (unpaired) electrons. The van der Waals surface area contributed by atoms with Crippen LogP contribution >= 0.6 is 0 Å². The molecule has 0 spiro atoms. The topological polar surface area (TPSA) is 78.5 Å². The van der Waals surface area contributed by atoms with Crippen molar-refractivity contribution in [2.75, 3.05) is 16.8 Å². The molecule has 7 heteroatoms. The van der Waals surface area contributed by atoms with Gasteiger partial charge in [-0.25, -0.2) is 14.1 Å². The van der Waals surface area contributed by atoms with Crippen LogP contribution in [0.15, 0.2) is 12.1 Å². The van der Waals surface area contributed by atoms with Crippen LogP contribution in [0.3, 0.4) is 0 Å². The molecule has 108 valence electrons. The Labute approximate surface area is 120 Å². The maximum atomic E-state index is 14.0. The molecule has 0 atom stereocenters. The van der Waals surface area contributed by atoms with Crippen LogP contribution in [0.4, 0.5) is 20.6 Å². The predicted molar refractivity (Wildman–Crippen MR) is 74.1 cm³/mol. The SMILES string of the molecule is CC#CC(=O)Nc1ccc(F)c(N2C(=O)CNC2=O)c1C. The van der Waals surface area contributed by atoms with Crippen molar-refractivity contribution >= 4 is 29.2 Å². The highest BCUT2D eigenvalue weighted by Gasteiger charge is 2.33. The Bertz CT molecular complexity index is 687. The Morgan fingerprint density at radius 2 is 2.14 bits per heavy atom. The maximum Gasteiger partial charge on any atom is 0.329 e. The number of halogens is 1. The van der Waals surface area contributed by atoms with E-state index in [0.29, 0.717) is 0 Å². The highest BCUT2D eigenvalue weighted by Crippen LogP contribution is 2.31. The van der Waals surface area contributed by atoms with Crippen molar-refractivity contribution in [2.45, 2.75) is 13.8 Å². The fourth-order valence-electron chi connectivity index (χ4n) is 1.99. The van der Waals surface area contributed by atoms with Crippen LogP contribution < -0.4 is 15.5 Å². The summed E-state index contributed by atoms with van der Waals surface area (Å²) in [6.07, 6.45) is 0. The quantitative estimate of drug-likeness (QED) is 0.633. The number of urea groups is 1. The van der Waals surface area contributed by atoms with Crippen molar-refractivity contribution in [3.8, 4) is 11.8 Å². The molecule has 1 aromatic carbocycles. The molecule has 0 aromatic heterocycles. The molecule has 1 heterocycles. The lowest BCUT2D eigenvalue weighted by atomic mass is 10.1. The molecule has 0 aliphatic carbocycles. The third-order valence-corrected chi connectivity index (χ3v) is 2.94. The van der Waals surface area contributed by atoms with E-state index in [1.165, 1.54) is 19.9 Å². The van der Waals surface area contributed by atoms with E-state index in [9.17, 15) is 18.8 Å². The lowest BCUT2D eigenvalue weighted by Gasteiger charge is -2.18. The van der Waals surface area contributed by atoms with Crippen molar-refractivity contribution in [3.63, 3.8) is 0 Å². The second kappa shape index (κ2) is 5.63. The molecule has 1 saturated heterocycles. The molecule has 1 aliphatic heterocycles. The largest absolute Gasteiger partial charge is 0.329 e. The van der Waals surface area contributed by atoms with Gasteiger partial charge in [-0.2, -0.15) is 0 Å². The number of nitrogens with one attached hydrogen (secondary N) is 2. The van der Waals surface area contributed by atoms with Crippen molar-refractivity contribution in [2.24, 2.45) is 0 Å². The average Bonchev–Trinajstić information content (AvgIpc) is 2.74. The third kappa shape index (κ3) is 2.69. The normalized spacial score (nSPS) is 13.6. The number of rotatable bonds is 2. The number of carbonyl (C=O) groups excluding carboxylic acids is 3. The zero-order valence-electron chi connectivity index (χ0n) is 11.4. The van der Waals surface area contributed by atoms with E-state index >= 15 is 0 Å². The van der Waals surface area contributed by atoms with Gasteiger partial charge in [0.1, 0.15) is 5.82 Å². The van der Waals surface area contributed by atoms with Crippen LogP contribution in [-0.2, 0) is 9.59 Å². The monoisotopic (exact) mass is 289 g/mol. The van der Waals surface area contributed by atoms with Gasteiger partial charge in [0, 0.05) is 5.69 Å². The molecule has 2 rings (SSSR count). The number of hydrogen-bond donors (Lipinski definition) is 2. The minimum atomic E-state index is -0.725. The third-order valence-electron chi connectivity index (χ3n) is 2.94. The van der Waals surface area contributed by atoms with Gasteiger partial charge in [-0.15, -0.1) is 0 Å². The zero-order chi connectivity index (χ0) is 15.6. The minimum absolute atomic E-state index is 0.169. The summed E-state index contributed by atoms with van der Waals surface area (Å²) < 4.78 is 14.0. The number of hydrogen-bond acceptors (Lipinski definition) is 3. The van der Waals surface area contributed by atoms with Crippen molar-refractivity contribution in [3.05, 3.63) is 23.5 Å². The number of benzene rings is 1. The Kier molecular flexibility index (Phi) is 3.89. The highest BCUT2D eigenvalue weighted by molar-refractivity contribution is 6.20. The van der Waals surface area contributed by atoms with Gasteiger partial charge in [-0.05, 0) is 37.5 Å². The zero-order valence-corrected chi connectivity index (χ0v) is 11.4. The van der Waals surface area contributed by atoms with Gasteiger partial charge < -0.3 is 10.6 Å². The summed E-state index contributed by atoms with van der Waals surface area (Å²) in [4.78, 5) is 35.5. The van der Waals surface area contributed by atoms with Gasteiger partial charge >= 0.3 is 6.03 Å². The lowest BCUT2D eigenvalue weighted by Crippen LogP contribution is -2.32. The minimum Gasteiger partial charge on any atom is -0.328 e. The summed E-state index contributed by atoms with van der Waals surface area (Å²) in [5, 5.41) is 4.80. The first-order chi connectivity index (χ1) is 9.95. The van der Waals surface area contributed by atoms with Gasteiger partial charge in [0.25, 0.3) is 11.8 Å². The van der Waals surface area contributed by atoms with E-state index in [4.69, 9.17) is 0 Å². The first kappa shape index (κ1) is 14.5. The van der Waals surface area contributed by atoms with Gasteiger partial charge in [0.05, 0.1) is 12.2 Å². The molecule has 0 saturated carbocycles. The highest BCUT2D eigenvalue weighted by atomic mass is 19.1. The maximum absolute atomic E-state index is 14.0. The van der Waals surface area contributed by atoms with Gasteiger partial charge in [0.15, 0.2) is 0 Å².